The molecule has 150 valence electrons. The van der Waals surface area contributed by atoms with Crippen molar-refractivity contribution in [1.29, 1.82) is 0 Å². The molecule has 0 amide bonds. The summed E-state index contributed by atoms with van der Waals surface area (Å²) >= 11 is 8.33. The SMILES string of the molecule is CSCC1(C)CCN(c2ncc(Cl)c(N3CCOc4c(F)cccc4C3)n2)C1. The highest BCUT2D eigenvalue weighted by Crippen LogP contribution is 2.36. The molecular formula is C20H24ClFN4OS. The minimum atomic E-state index is -0.334. The van der Waals surface area contributed by atoms with Gasteiger partial charge in [0.05, 0.1) is 12.7 Å². The van der Waals surface area contributed by atoms with Crippen LogP contribution in [0, 0.1) is 11.2 Å². The Morgan fingerprint density at radius 1 is 1.32 bits per heavy atom. The van der Waals surface area contributed by atoms with Gasteiger partial charge in [0, 0.05) is 31.0 Å². The molecule has 0 radical (unpaired) electrons. The lowest BCUT2D eigenvalue weighted by Crippen LogP contribution is -2.30. The maximum Gasteiger partial charge on any atom is 0.227 e. The lowest BCUT2D eigenvalue weighted by atomic mass is 9.93. The summed E-state index contributed by atoms with van der Waals surface area (Å²) in [6.07, 6.45) is 4.94. The van der Waals surface area contributed by atoms with Crippen molar-refractivity contribution in [2.75, 3.05) is 48.0 Å². The third-order valence-corrected chi connectivity index (χ3v) is 6.62. The van der Waals surface area contributed by atoms with Crippen LogP contribution in [-0.2, 0) is 6.54 Å². The maximum absolute atomic E-state index is 14.1. The van der Waals surface area contributed by atoms with E-state index in [1.54, 1.807) is 12.3 Å². The molecule has 1 aromatic heterocycles. The van der Waals surface area contributed by atoms with Crippen molar-refractivity contribution < 1.29 is 9.13 Å². The minimum Gasteiger partial charge on any atom is -0.488 e. The fourth-order valence-electron chi connectivity index (χ4n) is 3.95. The molecule has 0 N–H and O–H groups in total. The Labute approximate surface area is 174 Å². The quantitative estimate of drug-likeness (QED) is 0.733. The average Bonchev–Trinajstić information content (AvgIpc) is 2.92. The predicted molar refractivity (Wildman–Crippen MR) is 113 cm³/mol. The summed E-state index contributed by atoms with van der Waals surface area (Å²) in [4.78, 5) is 13.5. The van der Waals surface area contributed by atoms with Crippen LogP contribution in [0.5, 0.6) is 5.75 Å². The second kappa shape index (κ2) is 7.95. The van der Waals surface area contributed by atoms with E-state index < -0.39 is 0 Å². The van der Waals surface area contributed by atoms with Crippen LogP contribution in [0.2, 0.25) is 5.02 Å². The van der Waals surface area contributed by atoms with Crippen LogP contribution >= 0.6 is 23.4 Å². The smallest absolute Gasteiger partial charge is 0.227 e. The molecule has 0 saturated carbocycles. The number of hydrogen-bond acceptors (Lipinski definition) is 6. The third kappa shape index (κ3) is 3.87. The van der Waals surface area contributed by atoms with Gasteiger partial charge in [-0.3, -0.25) is 0 Å². The summed E-state index contributed by atoms with van der Waals surface area (Å²) in [5.41, 5.74) is 1.07. The highest BCUT2D eigenvalue weighted by Gasteiger charge is 2.35. The molecule has 2 aromatic rings. The van der Waals surface area contributed by atoms with Gasteiger partial charge < -0.3 is 14.5 Å². The van der Waals surface area contributed by atoms with Crippen molar-refractivity contribution >= 4 is 35.1 Å². The van der Waals surface area contributed by atoms with E-state index in [1.807, 2.05) is 22.7 Å². The number of rotatable bonds is 4. The number of thioether (sulfide) groups is 1. The van der Waals surface area contributed by atoms with Crippen LogP contribution in [0.15, 0.2) is 24.4 Å². The Hall–Kier alpha value is -1.73. The molecule has 0 aliphatic carbocycles. The highest BCUT2D eigenvalue weighted by atomic mass is 35.5. The number of hydrogen-bond donors (Lipinski definition) is 0. The zero-order valence-corrected chi connectivity index (χ0v) is 17.7. The first-order chi connectivity index (χ1) is 13.5. The summed E-state index contributed by atoms with van der Waals surface area (Å²) in [7, 11) is 0. The summed E-state index contributed by atoms with van der Waals surface area (Å²) in [6, 6.07) is 5.00. The van der Waals surface area contributed by atoms with Crippen molar-refractivity contribution in [2.24, 2.45) is 5.41 Å². The number of aromatic nitrogens is 2. The molecule has 1 aromatic carbocycles. The molecule has 3 heterocycles. The van der Waals surface area contributed by atoms with Crippen LogP contribution in [-0.4, -0.2) is 48.2 Å². The van der Waals surface area contributed by atoms with Gasteiger partial charge in [0.2, 0.25) is 5.95 Å². The van der Waals surface area contributed by atoms with Gasteiger partial charge in [0.1, 0.15) is 11.6 Å². The monoisotopic (exact) mass is 422 g/mol. The summed E-state index contributed by atoms with van der Waals surface area (Å²) in [6.45, 7) is 5.64. The van der Waals surface area contributed by atoms with E-state index in [-0.39, 0.29) is 11.2 Å². The Morgan fingerprint density at radius 2 is 2.18 bits per heavy atom. The third-order valence-electron chi connectivity index (χ3n) is 5.36. The number of nitrogens with zero attached hydrogens (tertiary/aromatic N) is 4. The second-order valence-electron chi connectivity index (χ2n) is 7.75. The first kappa shape index (κ1) is 19.6. The normalized spacial score (nSPS) is 22.0. The number of benzene rings is 1. The molecule has 1 atom stereocenters. The Balaban J connectivity index is 1.59. The number of ether oxygens (including phenoxy) is 1. The summed E-state index contributed by atoms with van der Waals surface area (Å²) < 4.78 is 19.7. The summed E-state index contributed by atoms with van der Waals surface area (Å²) in [5.74, 6) is 2.48. The largest absolute Gasteiger partial charge is 0.488 e. The Morgan fingerprint density at radius 3 is 3.00 bits per heavy atom. The fraction of sp³-hybridized carbons (Fsp3) is 0.500. The number of halogens is 2. The molecule has 2 aliphatic heterocycles. The molecule has 5 nitrogen and oxygen atoms in total. The van der Waals surface area contributed by atoms with Crippen LogP contribution < -0.4 is 14.5 Å². The molecular weight excluding hydrogens is 399 g/mol. The topological polar surface area (TPSA) is 41.5 Å². The van der Waals surface area contributed by atoms with Gasteiger partial charge in [-0.25, -0.2) is 9.37 Å². The summed E-state index contributed by atoms with van der Waals surface area (Å²) in [5, 5.41) is 0.495. The van der Waals surface area contributed by atoms with Crippen molar-refractivity contribution in [3.8, 4) is 5.75 Å². The van der Waals surface area contributed by atoms with E-state index in [2.05, 4.69) is 23.1 Å². The van der Waals surface area contributed by atoms with Gasteiger partial charge >= 0.3 is 0 Å². The van der Waals surface area contributed by atoms with Crippen molar-refractivity contribution in [3.05, 3.63) is 40.8 Å². The van der Waals surface area contributed by atoms with E-state index in [0.717, 1.165) is 30.8 Å². The predicted octanol–water partition coefficient (Wildman–Crippen LogP) is 4.25. The number of anilines is 2. The van der Waals surface area contributed by atoms with Gasteiger partial charge in [-0.05, 0) is 24.2 Å². The van der Waals surface area contributed by atoms with Gasteiger partial charge in [0.25, 0.3) is 0 Å². The van der Waals surface area contributed by atoms with E-state index in [4.69, 9.17) is 21.3 Å². The molecule has 2 aliphatic rings. The fourth-order valence-corrected chi connectivity index (χ4v) is 5.09. The van der Waals surface area contributed by atoms with Gasteiger partial charge in [-0.15, -0.1) is 0 Å². The van der Waals surface area contributed by atoms with Crippen LogP contribution in [0.4, 0.5) is 16.2 Å². The van der Waals surface area contributed by atoms with Crippen molar-refractivity contribution in [1.82, 2.24) is 9.97 Å². The lowest BCUT2D eigenvalue weighted by Gasteiger charge is -2.26. The molecule has 8 heteroatoms. The van der Waals surface area contributed by atoms with Gasteiger partial charge in [-0.2, -0.15) is 16.7 Å². The number of fused-ring (bicyclic) bond motifs is 1. The van der Waals surface area contributed by atoms with Crippen LogP contribution in [0.25, 0.3) is 0 Å². The lowest BCUT2D eigenvalue weighted by molar-refractivity contribution is 0.314. The van der Waals surface area contributed by atoms with Gasteiger partial charge in [-0.1, -0.05) is 30.7 Å². The zero-order chi connectivity index (χ0) is 19.7. The molecule has 1 saturated heterocycles. The first-order valence-corrected chi connectivity index (χ1v) is 11.2. The molecule has 0 spiro atoms. The number of para-hydroxylation sites is 1. The van der Waals surface area contributed by atoms with E-state index in [1.165, 1.54) is 6.07 Å². The second-order valence-corrected chi connectivity index (χ2v) is 9.03. The standard InChI is InChI=1S/C20H24ClFN4OS/c1-20(13-28-2)6-7-26(12-20)19-23-10-15(21)18(24-19)25-8-9-27-17-14(11-25)4-3-5-16(17)22/h3-5,10H,6-9,11-13H2,1-2H3. The van der Waals surface area contributed by atoms with E-state index in [9.17, 15) is 4.39 Å². The maximum atomic E-state index is 14.1. The molecule has 4 rings (SSSR count). The zero-order valence-electron chi connectivity index (χ0n) is 16.1. The van der Waals surface area contributed by atoms with Crippen molar-refractivity contribution in [3.63, 3.8) is 0 Å². The molecule has 28 heavy (non-hydrogen) atoms. The van der Waals surface area contributed by atoms with Gasteiger partial charge in [0.15, 0.2) is 17.4 Å². The van der Waals surface area contributed by atoms with E-state index >= 15 is 0 Å². The Kier molecular flexibility index (Phi) is 5.56. The molecule has 0 bridgehead atoms. The first-order valence-electron chi connectivity index (χ1n) is 9.41. The molecule has 1 fully saturated rings. The Bertz CT molecular complexity index is 870. The van der Waals surface area contributed by atoms with Crippen LogP contribution in [0.1, 0.15) is 18.9 Å². The minimum absolute atomic E-state index is 0.273. The average molecular weight is 423 g/mol. The highest BCUT2D eigenvalue weighted by molar-refractivity contribution is 7.98. The van der Waals surface area contributed by atoms with Crippen molar-refractivity contribution in [2.45, 2.75) is 19.9 Å². The molecule has 1 unspecified atom stereocenters. The van der Waals surface area contributed by atoms with Crippen LogP contribution in [0.3, 0.4) is 0 Å². The van der Waals surface area contributed by atoms with E-state index in [0.29, 0.717) is 42.2 Å².